The number of carboxylic acids is 1. The minimum absolute atomic E-state index is 0.0171. The molecule has 0 amide bonds. The maximum absolute atomic E-state index is 12.3. The van der Waals surface area contributed by atoms with E-state index in [2.05, 4.69) is 20.8 Å². The lowest BCUT2D eigenvalue weighted by Gasteiger charge is -2.36. The molecule has 0 bridgehead atoms. The van der Waals surface area contributed by atoms with E-state index in [1.165, 1.54) is 18.2 Å². The minimum Gasteiger partial charge on any atom is -0.478 e. The standard InChI is InChI=1S/C19H26O4S/c1-12(2)14-9-8-13(3)10-16(14)23-18(20)11-24-17-7-5-4-6-15(17)19(21)22/h4-7,12-14,16H,8-11H2,1-3H3,(H,21,22)/t13-,14-,16-/m1/s1. The number of aromatic carboxylic acids is 1. The Morgan fingerprint density at radius 3 is 2.67 bits per heavy atom. The molecule has 0 spiro atoms. The number of rotatable bonds is 6. The van der Waals surface area contributed by atoms with Crippen molar-refractivity contribution in [3.8, 4) is 0 Å². The molecule has 1 aromatic rings. The summed E-state index contributed by atoms with van der Waals surface area (Å²) in [6.07, 6.45) is 3.20. The van der Waals surface area contributed by atoms with E-state index in [1.807, 2.05) is 0 Å². The van der Waals surface area contributed by atoms with Crippen LogP contribution in [0.1, 0.15) is 50.4 Å². The Kier molecular flexibility index (Phi) is 6.72. The van der Waals surface area contributed by atoms with Crippen LogP contribution in [0.4, 0.5) is 0 Å². The molecule has 0 saturated heterocycles. The number of thioether (sulfide) groups is 1. The number of ether oxygens (including phenoxy) is 1. The van der Waals surface area contributed by atoms with Crippen LogP contribution in [0.3, 0.4) is 0 Å². The Morgan fingerprint density at radius 1 is 1.29 bits per heavy atom. The van der Waals surface area contributed by atoms with Gasteiger partial charge in [0.15, 0.2) is 0 Å². The van der Waals surface area contributed by atoms with E-state index in [0.29, 0.717) is 22.6 Å². The molecule has 4 nitrogen and oxygen atoms in total. The van der Waals surface area contributed by atoms with Crippen molar-refractivity contribution in [2.24, 2.45) is 17.8 Å². The van der Waals surface area contributed by atoms with Crippen LogP contribution in [0.15, 0.2) is 29.2 Å². The van der Waals surface area contributed by atoms with Crippen LogP contribution >= 0.6 is 11.8 Å². The van der Waals surface area contributed by atoms with Crippen molar-refractivity contribution in [2.45, 2.75) is 51.0 Å². The van der Waals surface area contributed by atoms with Gasteiger partial charge in [-0.2, -0.15) is 0 Å². The fourth-order valence-electron chi connectivity index (χ4n) is 3.36. The highest BCUT2D eigenvalue weighted by Crippen LogP contribution is 2.35. The van der Waals surface area contributed by atoms with E-state index in [9.17, 15) is 14.7 Å². The van der Waals surface area contributed by atoms with Crippen molar-refractivity contribution in [1.82, 2.24) is 0 Å². The molecule has 0 aliphatic heterocycles. The quantitative estimate of drug-likeness (QED) is 0.605. The van der Waals surface area contributed by atoms with Crippen molar-refractivity contribution in [1.29, 1.82) is 0 Å². The first kappa shape index (κ1) is 18.8. The van der Waals surface area contributed by atoms with Crippen LogP contribution in [0.2, 0.25) is 0 Å². The topological polar surface area (TPSA) is 63.6 Å². The van der Waals surface area contributed by atoms with Gasteiger partial charge in [0.2, 0.25) is 0 Å². The predicted molar refractivity (Wildman–Crippen MR) is 95.3 cm³/mol. The van der Waals surface area contributed by atoms with Crippen LogP contribution < -0.4 is 0 Å². The molecule has 1 aliphatic carbocycles. The summed E-state index contributed by atoms with van der Waals surface area (Å²) in [5.74, 6) is 0.396. The Labute approximate surface area is 148 Å². The van der Waals surface area contributed by atoms with Crippen LogP contribution in [0, 0.1) is 17.8 Å². The second-order valence-corrected chi connectivity index (χ2v) is 7.96. The lowest BCUT2D eigenvalue weighted by Crippen LogP contribution is -2.36. The maximum atomic E-state index is 12.3. The van der Waals surface area contributed by atoms with E-state index >= 15 is 0 Å². The number of esters is 1. The average Bonchev–Trinajstić information content (AvgIpc) is 2.53. The number of carbonyl (C=O) groups excluding carboxylic acids is 1. The number of benzene rings is 1. The molecule has 5 heteroatoms. The molecule has 3 atom stereocenters. The molecule has 0 heterocycles. The van der Waals surface area contributed by atoms with E-state index in [-0.39, 0.29) is 23.4 Å². The molecule has 2 rings (SSSR count). The third kappa shape index (κ3) is 5.00. The van der Waals surface area contributed by atoms with Crippen molar-refractivity contribution in [3.63, 3.8) is 0 Å². The van der Waals surface area contributed by atoms with E-state index < -0.39 is 5.97 Å². The normalized spacial score (nSPS) is 23.9. The highest BCUT2D eigenvalue weighted by atomic mass is 32.2. The van der Waals surface area contributed by atoms with Gasteiger partial charge in [0, 0.05) is 4.90 Å². The van der Waals surface area contributed by atoms with Crippen molar-refractivity contribution in [3.05, 3.63) is 29.8 Å². The first-order valence-corrected chi connectivity index (χ1v) is 9.51. The summed E-state index contributed by atoms with van der Waals surface area (Å²) >= 11 is 1.23. The monoisotopic (exact) mass is 350 g/mol. The molecule has 132 valence electrons. The highest BCUT2D eigenvalue weighted by Gasteiger charge is 2.33. The van der Waals surface area contributed by atoms with Crippen LogP contribution in [0.25, 0.3) is 0 Å². The Hall–Kier alpha value is -1.49. The zero-order chi connectivity index (χ0) is 17.7. The first-order valence-electron chi connectivity index (χ1n) is 8.53. The zero-order valence-corrected chi connectivity index (χ0v) is 15.3. The van der Waals surface area contributed by atoms with Gasteiger partial charge in [-0.05, 0) is 42.7 Å². The fourth-order valence-corrected chi connectivity index (χ4v) is 4.19. The van der Waals surface area contributed by atoms with E-state index in [4.69, 9.17) is 4.74 Å². The molecular formula is C19H26O4S. The predicted octanol–water partition coefficient (Wildman–Crippen LogP) is 4.48. The van der Waals surface area contributed by atoms with Gasteiger partial charge in [-0.3, -0.25) is 4.79 Å². The molecule has 0 aromatic heterocycles. The summed E-state index contributed by atoms with van der Waals surface area (Å²) in [4.78, 5) is 24.1. The maximum Gasteiger partial charge on any atom is 0.336 e. The number of hydrogen-bond donors (Lipinski definition) is 1. The van der Waals surface area contributed by atoms with E-state index in [1.54, 1.807) is 24.3 Å². The minimum atomic E-state index is -0.979. The third-order valence-electron chi connectivity index (χ3n) is 4.71. The first-order chi connectivity index (χ1) is 11.4. The number of carbonyl (C=O) groups is 2. The van der Waals surface area contributed by atoms with Crippen molar-refractivity contribution in [2.75, 3.05) is 5.75 Å². The van der Waals surface area contributed by atoms with Gasteiger partial charge in [-0.15, -0.1) is 11.8 Å². The van der Waals surface area contributed by atoms with Gasteiger partial charge < -0.3 is 9.84 Å². The van der Waals surface area contributed by atoms with Gasteiger partial charge in [0.25, 0.3) is 0 Å². The van der Waals surface area contributed by atoms with Gasteiger partial charge in [-0.1, -0.05) is 39.3 Å². The van der Waals surface area contributed by atoms with Gasteiger partial charge in [0.05, 0.1) is 11.3 Å². The summed E-state index contributed by atoms with van der Waals surface area (Å²) < 4.78 is 5.75. The van der Waals surface area contributed by atoms with Crippen molar-refractivity contribution >= 4 is 23.7 Å². The highest BCUT2D eigenvalue weighted by molar-refractivity contribution is 8.00. The van der Waals surface area contributed by atoms with Crippen LogP contribution in [0.5, 0.6) is 0 Å². The fraction of sp³-hybridized carbons (Fsp3) is 0.579. The average molecular weight is 350 g/mol. The molecule has 1 fully saturated rings. The third-order valence-corrected chi connectivity index (χ3v) is 5.75. The van der Waals surface area contributed by atoms with Gasteiger partial charge in [0.1, 0.15) is 6.10 Å². The van der Waals surface area contributed by atoms with Gasteiger partial charge in [-0.25, -0.2) is 4.79 Å². The lowest BCUT2D eigenvalue weighted by atomic mass is 9.75. The number of carboxylic acid groups (broad SMARTS) is 1. The molecule has 24 heavy (non-hydrogen) atoms. The number of hydrogen-bond acceptors (Lipinski definition) is 4. The summed E-state index contributed by atoms with van der Waals surface area (Å²) in [6.45, 7) is 6.56. The zero-order valence-electron chi connectivity index (χ0n) is 14.5. The summed E-state index contributed by atoms with van der Waals surface area (Å²) in [7, 11) is 0. The SMILES string of the molecule is CC(C)[C@H]1CC[C@@H](C)C[C@H]1OC(=O)CSc1ccccc1C(=O)O. The summed E-state index contributed by atoms with van der Waals surface area (Å²) in [6, 6.07) is 6.73. The molecule has 1 saturated carbocycles. The second kappa shape index (κ2) is 8.56. The second-order valence-electron chi connectivity index (χ2n) is 6.94. The van der Waals surface area contributed by atoms with Crippen LogP contribution in [-0.2, 0) is 9.53 Å². The van der Waals surface area contributed by atoms with E-state index in [0.717, 1.165) is 12.8 Å². The Balaban J connectivity index is 1.94. The molecule has 0 radical (unpaired) electrons. The largest absolute Gasteiger partial charge is 0.478 e. The molecule has 0 unspecified atom stereocenters. The van der Waals surface area contributed by atoms with Gasteiger partial charge >= 0.3 is 11.9 Å². The molecule has 1 aliphatic rings. The summed E-state index contributed by atoms with van der Waals surface area (Å²) in [5, 5.41) is 9.19. The Bertz CT molecular complexity index is 584. The van der Waals surface area contributed by atoms with Crippen LogP contribution in [-0.4, -0.2) is 28.9 Å². The lowest BCUT2D eigenvalue weighted by molar-refractivity contribution is -0.152. The summed E-state index contributed by atoms with van der Waals surface area (Å²) in [5.41, 5.74) is 0.224. The molecule has 1 N–H and O–H groups in total. The molecular weight excluding hydrogens is 324 g/mol. The Morgan fingerprint density at radius 2 is 2.00 bits per heavy atom. The molecule has 1 aromatic carbocycles. The van der Waals surface area contributed by atoms with Crippen molar-refractivity contribution < 1.29 is 19.4 Å². The smallest absolute Gasteiger partial charge is 0.336 e.